The number of carbonyl (C=O) groups excluding carboxylic acids is 1. The van der Waals surface area contributed by atoms with Gasteiger partial charge in [0, 0.05) is 23.2 Å². The molecule has 11 heteroatoms. The zero-order chi connectivity index (χ0) is 22.7. The van der Waals surface area contributed by atoms with Crippen LogP contribution >= 0.6 is 0 Å². The van der Waals surface area contributed by atoms with Crippen molar-refractivity contribution in [2.24, 2.45) is 0 Å². The van der Waals surface area contributed by atoms with Crippen LogP contribution in [0, 0.1) is 5.82 Å². The first-order chi connectivity index (χ1) is 15.3. The summed E-state index contributed by atoms with van der Waals surface area (Å²) in [7, 11) is 0. The second-order valence-electron chi connectivity index (χ2n) is 6.66. The minimum atomic E-state index is -4.63. The molecule has 0 aliphatic rings. The molecule has 2 N–H and O–H groups in total. The van der Waals surface area contributed by atoms with E-state index in [4.69, 9.17) is 0 Å². The van der Waals surface area contributed by atoms with E-state index < -0.39 is 24.3 Å². The van der Waals surface area contributed by atoms with Gasteiger partial charge in [0.2, 0.25) is 5.91 Å². The lowest BCUT2D eigenvalue weighted by atomic mass is 10.1. The van der Waals surface area contributed by atoms with Crippen LogP contribution in [0.25, 0.3) is 22.3 Å². The average Bonchev–Trinajstić information content (AvgIpc) is 2.73. The fourth-order valence-corrected chi connectivity index (χ4v) is 2.97. The van der Waals surface area contributed by atoms with Gasteiger partial charge in [-0.2, -0.15) is 13.2 Å². The van der Waals surface area contributed by atoms with E-state index in [1.165, 1.54) is 12.1 Å². The Morgan fingerprint density at radius 1 is 0.969 bits per heavy atom. The van der Waals surface area contributed by atoms with Gasteiger partial charge in [-0.05, 0) is 30.3 Å². The fourth-order valence-electron chi connectivity index (χ4n) is 2.97. The number of nitrogens with zero attached hydrogens (tertiary/aromatic N) is 4. The third kappa shape index (κ3) is 4.94. The molecule has 0 radical (unpaired) electrons. The molecule has 162 valence electrons. The molecule has 0 unspecified atom stereocenters. The predicted molar refractivity (Wildman–Crippen MR) is 110 cm³/mol. The summed E-state index contributed by atoms with van der Waals surface area (Å²) in [5.41, 5.74) is 1.42. The van der Waals surface area contributed by atoms with E-state index in [1.807, 2.05) is 0 Å². The van der Waals surface area contributed by atoms with Crippen LogP contribution in [-0.2, 0) is 4.79 Å². The molecule has 0 fully saturated rings. The van der Waals surface area contributed by atoms with E-state index in [0.29, 0.717) is 22.4 Å². The van der Waals surface area contributed by atoms with Crippen molar-refractivity contribution in [3.05, 3.63) is 66.9 Å². The van der Waals surface area contributed by atoms with Gasteiger partial charge < -0.3 is 10.6 Å². The molecule has 0 atom stereocenters. The van der Waals surface area contributed by atoms with E-state index in [1.54, 1.807) is 42.6 Å². The number of rotatable bonds is 5. The number of aromatic nitrogens is 4. The summed E-state index contributed by atoms with van der Waals surface area (Å²) >= 11 is 0. The predicted octanol–water partition coefficient (Wildman–Crippen LogP) is 4.86. The molecule has 0 saturated heterocycles. The molecule has 0 aliphatic carbocycles. The SMILES string of the molecule is O=C(CC(F)(F)F)Nc1cc(Nc2cc(-c3ccccc3F)nc3ncccc23)ncn1. The molecule has 7 nitrogen and oxygen atoms in total. The van der Waals surface area contributed by atoms with Crippen LogP contribution in [0.3, 0.4) is 0 Å². The first kappa shape index (κ1) is 21.1. The smallest absolute Gasteiger partial charge is 0.339 e. The zero-order valence-corrected chi connectivity index (χ0v) is 16.2. The zero-order valence-electron chi connectivity index (χ0n) is 16.2. The van der Waals surface area contributed by atoms with Crippen LogP contribution in [0.2, 0.25) is 0 Å². The summed E-state index contributed by atoms with van der Waals surface area (Å²) in [5.74, 6) is -1.62. The number of benzene rings is 1. The van der Waals surface area contributed by atoms with Crippen LogP contribution in [0.15, 0.2) is 61.1 Å². The van der Waals surface area contributed by atoms with Crippen molar-refractivity contribution in [1.29, 1.82) is 0 Å². The van der Waals surface area contributed by atoms with Gasteiger partial charge in [-0.3, -0.25) is 4.79 Å². The van der Waals surface area contributed by atoms with Gasteiger partial charge in [-0.15, -0.1) is 0 Å². The Morgan fingerprint density at radius 3 is 2.53 bits per heavy atom. The topological polar surface area (TPSA) is 92.7 Å². The van der Waals surface area contributed by atoms with E-state index in [9.17, 15) is 22.4 Å². The summed E-state index contributed by atoms with van der Waals surface area (Å²) in [6.07, 6.45) is -3.63. The summed E-state index contributed by atoms with van der Waals surface area (Å²) in [5, 5.41) is 5.70. The molecule has 0 spiro atoms. The molecule has 1 aromatic carbocycles. The fraction of sp³-hybridized carbons (Fsp3) is 0.0952. The Kier molecular flexibility index (Phi) is 5.63. The lowest BCUT2D eigenvalue weighted by Gasteiger charge is -2.12. The summed E-state index contributed by atoms with van der Waals surface area (Å²) < 4.78 is 51.5. The number of hydrogen-bond acceptors (Lipinski definition) is 6. The number of nitrogens with one attached hydrogen (secondary N) is 2. The van der Waals surface area contributed by atoms with Crippen LogP contribution in [0.5, 0.6) is 0 Å². The van der Waals surface area contributed by atoms with Crippen LogP contribution in [0.4, 0.5) is 34.9 Å². The molecule has 0 aliphatic heterocycles. The highest BCUT2D eigenvalue weighted by atomic mass is 19.4. The van der Waals surface area contributed by atoms with Crippen LogP contribution in [-0.4, -0.2) is 32.0 Å². The Bertz CT molecular complexity index is 1290. The van der Waals surface area contributed by atoms with E-state index in [2.05, 4.69) is 30.6 Å². The third-order valence-corrected chi connectivity index (χ3v) is 4.29. The first-order valence-electron chi connectivity index (χ1n) is 9.25. The Labute approximate surface area is 178 Å². The van der Waals surface area contributed by atoms with Crippen LogP contribution < -0.4 is 10.6 Å². The Balaban J connectivity index is 1.67. The van der Waals surface area contributed by atoms with E-state index >= 15 is 0 Å². The maximum atomic E-state index is 14.3. The molecular weight excluding hydrogens is 428 g/mol. The number of pyridine rings is 2. The molecule has 4 rings (SSSR count). The number of amides is 1. The molecule has 0 bridgehead atoms. The monoisotopic (exact) mass is 442 g/mol. The van der Waals surface area contributed by atoms with Crippen molar-refractivity contribution in [2.45, 2.75) is 12.6 Å². The third-order valence-electron chi connectivity index (χ3n) is 4.29. The number of carbonyl (C=O) groups is 1. The number of fused-ring (bicyclic) bond motifs is 1. The van der Waals surface area contributed by atoms with Crippen LogP contribution in [0.1, 0.15) is 6.42 Å². The lowest BCUT2D eigenvalue weighted by Crippen LogP contribution is -2.21. The second kappa shape index (κ2) is 8.53. The second-order valence-corrected chi connectivity index (χ2v) is 6.66. The summed E-state index contributed by atoms with van der Waals surface area (Å²) in [6, 6.07) is 12.5. The quantitative estimate of drug-likeness (QED) is 0.429. The summed E-state index contributed by atoms with van der Waals surface area (Å²) in [4.78, 5) is 28.0. The van der Waals surface area contributed by atoms with Gasteiger partial charge in [-0.1, -0.05) is 12.1 Å². The number of anilines is 3. The van der Waals surface area contributed by atoms with Crippen molar-refractivity contribution >= 4 is 34.3 Å². The van der Waals surface area contributed by atoms with Crippen molar-refractivity contribution in [3.63, 3.8) is 0 Å². The summed E-state index contributed by atoms with van der Waals surface area (Å²) in [6.45, 7) is 0. The Morgan fingerprint density at radius 2 is 1.75 bits per heavy atom. The highest BCUT2D eigenvalue weighted by Gasteiger charge is 2.31. The minimum absolute atomic E-state index is 0.109. The molecule has 32 heavy (non-hydrogen) atoms. The van der Waals surface area contributed by atoms with Gasteiger partial charge in [0.05, 0.1) is 11.4 Å². The van der Waals surface area contributed by atoms with Gasteiger partial charge >= 0.3 is 6.18 Å². The molecule has 4 aromatic rings. The molecule has 3 aromatic heterocycles. The van der Waals surface area contributed by atoms with Gasteiger partial charge in [-0.25, -0.2) is 24.3 Å². The lowest BCUT2D eigenvalue weighted by molar-refractivity contribution is -0.150. The average molecular weight is 442 g/mol. The largest absolute Gasteiger partial charge is 0.397 e. The molecule has 0 saturated carbocycles. The van der Waals surface area contributed by atoms with E-state index in [0.717, 1.165) is 6.33 Å². The minimum Gasteiger partial charge on any atom is -0.339 e. The van der Waals surface area contributed by atoms with Gasteiger partial charge in [0.25, 0.3) is 0 Å². The standard InChI is InChI=1S/C21H14F4N6O/c22-14-6-2-1-4-12(14)15-8-16(13-5-3-7-26-20(13)30-15)29-17-9-18(28-11-27-17)31-19(32)10-21(23,24)25/h1-9,11H,10H2,(H2,26,27,28,29,30,31,32). The maximum absolute atomic E-state index is 14.3. The number of halogens is 4. The van der Waals surface area contributed by atoms with Crippen molar-refractivity contribution in [2.75, 3.05) is 10.6 Å². The normalized spacial score (nSPS) is 11.4. The van der Waals surface area contributed by atoms with Gasteiger partial charge in [0.1, 0.15) is 30.2 Å². The van der Waals surface area contributed by atoms with Gasteiger partial charge in [0.15, 0.2) is 5.65 Å². The van der Waals surface area contributed by atoms with Crippen molar-refractivity contribution in [1.82, 2.24) is 19.9 Å². The highest BCUT2D eigenvalue weighted by molar-refractivity contribution is 5.94. The first-order valence-corrected chi connectivity index (χ1v) is 9.25. The number of hydrogen-bond donors (Lipinski definition) is 2. The maximum Gasteiger partial charge on any atom is 0.397 e. The molecule has 1 amide bonds. The molecule has 3 heterocycles. The van der Waals surface area contributed by atoms with E-state index in [-0.39, 0.29) is 17.2 Å². The Hall–Kier alpha value is -4.15. The van der Waals surface area contributed by atoms with Crippen molar-refractivity contribution < 1.29 is 22.4 Å². The molecular formula is C21H14F4N6O. The highest BCUT2D eigenvalue weighted by Crippen LogP contribution is 2.30. The van der Waals surface area contributed by atoms with Crippen molar-refractivity contribution in [3.8, 4) is 11.3 Å². The number of alkyl halides is 3.